The monoisotopic (exact) mass is 383 g/mol. The fourth-order valence-electron chi connectivity index (χ4n) is 4.15. The Kier molecular flexibility index (Phi) is 4.91. The summed E-state index contributed by atoms with van der Waals surface area (Å²) in [6.07, 6.45) is 4.39. The normalized spacial score (nSPS) is 21.7. The molecule has 0 aliphatic carbocycles. The second-order valence-corrected chi connectivity index (χ2v) is 8.77. The van der Waals surface area contributed by atoms with Crippen molar-refractivity contribution in [2.45, 2.75) is 52.4 Å². The number of nitrogens with zero attached hydrogens (tertiary/aromatic N) is 3. The van der Waals surface area contributed by atoms with Gasteiger partial charge < -0.3 is 19.0 Å². The first-order valence-corrected chi connectivity index (χ1v) is 10.1. The van der Waals surface area contributed by atoms with Crippen LogP contribution >= 0.6 is 0 Å². The average Bonchev–Trinajstić information content (AvgIpc) is 3.20. The third kappa shape index (κ3) is 3.65. The first-order valence-electron chi connectivity index (χ1n) is 10.1. The molecule has 0 N–H and O–H groups in total. The van der Waals surface area contributed by atoms with Crippen molar-refractivity contribution in [1.29, 1.82) is 0 Å². The Bertz CT molecular complexity index is 845. The number of anilines is 1. The summed E-state index contributed by atoms with van der Waals surface area (Å²) in [4.78, 5) is 21.8. The largest absolute Gasteiger partial charge is 0.459 e. The number of ether oxygens (including phenoxy) is 1. The number of rotatable bonds is 3. The van der Waals surface area contributed by atoms with Crippen molar-refractivity contribution < 1.29 is 13.9 Å². The Balaban J connectivity index is 1.54. The smallest absolute Gasteiger partial charge is 0.289 e. The zero-order valence-corrected chi connectivity index (χ0v) is 17.1. The van der Waals surface area contributed by atoms with Gasteiger partial charge in [-0.1, -0.05) is 13.8 Å². The quantitative estimate of drug-likeness (QED) is 0.812. The highest BCUT2D eigenvalue weighted by molar-refractivity contribution is 5.91. The summed E-state index contributed by atoms with van der Waals surface area (Å²) in [7, 11) is 0. The van der Waals surface area contributed by atoms with E-state index in [1.165, 1.54) is 11.1 Å². The first-order chi connectivity index (χ1) is 13.3. The highest BCUT2D eigenvalue weighted by atomic mass is 16.5. The van der Waals surface area contributed by atoms with Gasteiger partial charge in [0.1, 0.15) is 5.82 Å². The number of carbonyl (C=O) groups is 1. The van der Waals surface area contributed by atoms with E-state index in [1.54, 1.807) is 18.4 Å². The van der Waals surface area contributed by atoms with Crippen LogP contribution in [0.15, 0.2) is 35.1 Å². The van der Waals surface area contributed by atoms with E-state index in [-0.39, 0.29) is 17.6 Å². The van der Waals surface area contributed by atoms with Crippen LogP contribution < -0.4 is 4.90 Å². The van der Waals surface area contributed by atoms with Crippen molar-refractivity contribution in [2.24, 2.45) is 5.92 Å². The van der Waals surface area contributed by atoms with Crippen LogP contribution in [0.25, 0.3) is 0 Å². The number of carbonyl (C=O) groups excluding carboxylic acids is 1. The summed E-state index contributed by atoms with van der Waals surface area (Å²) < 4.78 is 11.2. The highest BCUT2D eigenvalue weighted by Gasteiger charge is 2.35. The van der Waals surface area contributed by atoms with E-state index >= 15 is 0 Å². The second-order valence-electron chi connectivity index (χ2n) is 8.77. The highest BCUT2D eigenvalue weighted by Crippen LogP contribution is 2.30. The van der Waals surface area contributed by atoms with Gasteiger partial charge in [0.15, 0.2) is 5.76 Å². The fourth-order valence-corrected chi connectivity index (χ4v) is 4.15. The van der Waals surface area contributed by atoms with Crippen molar-refractivity contribution in [2.75, 3.05) is 24.5 Å². The molecule has 2 aliphatic heterocycles. The maximum Gasteiger partial charge on any atom is 0.289 e. The number of furan rings is 1. The van der Waals surface area contributed by atoms with E-state index in [4.69, 9.17) is 14.1 Å². The molecule has 1 atom stereocenters. The van der Waals surface area contributed by atoms with Crippen LogP contribution in [0.5, 0.6) is 0 Å². The molecule has 4 heterocycles. The molecule has 0 aromatic carbocycles. The van der Waals surface area contributed by atoms with E-state index in [9.17, 15) is 4.79 Å². The van der Waals surface area contributed by atoms with Gasteiger partial charge in [0.25, 0.3) is 5.91 Å². The molecule has 0 radical (unpaired) electrons. The Hall–Kier alpha value is -2.34. The van der Waals surface area contributed by atoms with E-state index in [0.717, 1.165) is 25.3 Å². The molecule has 2 aromatic heterocycles. The van der Waals surface area contributed by atoms with E-state index in [2.05, 4.69) is 38.7 Å². The van der Waals surface area contributed by atoms with E-state index in [0.29, 0.717) is 24.8 Å². The Labute approximate surface area is 166 Å². The molecule has 28 heavy (non-hydrogen) atoms. The van der Waals surface area contributed by atoms with Gasteiger partial charge >= 0.3 is 0 Å². The van der Waals surface area contributed by atoms with Gasteiger partial charge in [-0.2, -0.15) is 0 Å². The third-order valence-corrected chi connectivity index (χ3v) is 5.81. The Morgan fingerprint density at radius 2 is 2.11 bits per heavy atom. The van der Waals surface area contributed by atoms with Crippen LogP contribution in [0.1, 0.15) is 49.4 Å². The summed E-state index contributed by atoms with van der Waals surface area (Å²) in [6.45, 7) is 11.4. The van der Waals surface area contributed by atoms with Gasteiger partial charge in [0.05, 0.1) is 24.5 Å². The number of aromatic nitrogens is 1. The van der Waals surface area contributed by atoms with Gasteiger partial charge in [0, 0.05) is 32.3 Å². The van der Waals surface area contributed by atoms with Crippen LogP contribution in [-0.4, -0.2) is 47.1 Å². The molecule has 0 unspecified atom stereocenters. The minimum atomic E-state index is -0.139. The predicted octanol–water partition coefficient (Wildman–Crippen LogP) is 3.51. The van der Waals surface area contributed by atoms with Crippen LogP contribution in [-0.2, 0) is 17.8 Å². The van der Waals surface area contributed by atoms with E-state index < -0.39 is 0 Å². The lowest BCUT2D eigenvalue weighted by atomic mass is 9.92. The zero-order chi connectivity index (χ0) is 19.9. The van der Waals surface area contributed by atoms with Crippen LogP contribution in [0.3, 0.4) is 0 Å². The number of pyridine rings is 1. The number of piperazine rings is 1. The summed E-state index contributed by atoms with van der Waals surface area (Å²) in [6, 6.07) is 5.82. The van der Waals surface area contributed by atoms with Crippen molar-refractivity contribution in [1.82, 2.24) is 9.88 Å². The molecule has 0 bridgehead atoms. The molecular formula is C22H29N3O3. The lowest BCUT2D eigenvalue weighted by Crippen LogP contribution is -2.57. The summed E-state index contributed by atoms with van der Waals surface area (Å²) in [5.74, 6) is 1.72. The maximum atomic E-state index is 12.9. The molecule has 4 rings (SSSR count). The second kappa shape index (κ2) is 7.24. The lowest BCUT2D eigenvalue weighted by Gasteiger charge is -2.43. The van der Waals surface area contributed by atoms with Gasteiger partial charge in [-0.25, -0.2) is 4.98 Å². The number of hydrogen-bond donors (Lipinski definition) is 0. The maximum absolute atomic E-state index is 12.9. The Morgan fingerprint density at radius 1 is 1.29 bits per heavy atom. The summed E-state index contributed by atoms with van der Waals surface area (Å²) in [5, 5.41) is 0. The van der Waals surface area contributed by atoms with E-state index in [1.807, 2.05) is 11.1 Å². The van der Waals surface area contributed by atoms with Crippen LogP contribution in [0.2, 0.25) is 0 Å². The molecule has 150 valence electrons. The molecule has 0 saturated carbocycles. The van der Waals surface area contributed by atoms with Crippen LogP contribution in [0.4, 0.5) is 5.82 Å². The first kappa shape index (κ1) is 19.0. The van der Waals surface area contributed by atoms with Crippen molar-refractivity contribution in [3.8, 4) is 0 Å². The SMILES string of the molecule is CC(C)[C@@H]1CN(c2cc3c(cn2)COC(C)(C)C3)CCN1C(=O)c1ccco1. The third-order valence-electron chi connectivity index (χ3n) is 5.81. The van der Waals surface area contributed by atoms with Crippen LogP contribution in [0, 0.1) is 5.92 Å². The number of fused-ring (bicyclic) bond motifs is 1. The topological polar surface area (TPSA) is 58.8 Å². The minimum Gasteiger partial charge on any atom is -0.459 e. The Morgan fingerprint density at radius 3 is 2.82 bits per heavy atom. The average molecular weight is 383 g/mol. The summed E-state index contributed by atoms with van der Waals surface area (Å²) in [5.41, 5.74) is 2.35. The minimum absolute atomic E-state index is 0.0272. The molecule has 2 aromatic rings. The van der Waals surface area contributed by atoms with Crippen molar-refractivity contribution in [3.05, 3.63) is 47.5 Å². The molecule has 6 nitrogen and oxygen atoms in total. The van der Waals surface area contributed by atoms with Gasteiger partial charge in [-0.05, 0) is 49.1 Å². The predicted molar refractivity (Wildman–Crippen MR) is 107 cm³/mol. The molecular weight excluding hydrogens is 354 g/mol. The van der Waals surface area contributed by atoms with Gasteiger partial charge in [-0.15, -0.1) is 0 Å². The standard InChI is InChI=1S/C22H29N3O3/c1-15(2)18-13-24(7-8-25(18)21(26)19-6-5-9-27-19)20-10-16-11-22(3,4)28-14-17(16)12-23-20/h5-6,9-10,12,15,18H,7-8,11,13-14H2,1-4H3/t18-/m0/s1. The lowest BCUT2D eigenvalue weighted by molar-refractivity contribution is -0.0402. The molecule has 6 heteroatoms. The van der Waals surface area contributed by atoms with Gasteiger partial charge in [0.2, 0.25) is 0 Å². The molecule has 1 amide bonds. The summed E-state index contributed by atoms with van der Waals surface area (Å²) >= 11 is 0. The molecule has 2 aliphatic rings. The number of amides is 1. The zero-order valence-electron chi connectivity index (χ0n) is 17.1. The number of hydrogen-bond acceptors (Lipinski definition) is 5. The van der Waals surface area contributed by atoms with Gasteiger partial charge in [-0.3, -0.25) is 4.79 Å². The molecule has 1 saturated heterocycles. The molecule has 0 spiro atoms. The fraction of sp³-hybridized carbons (Fsp3) is 0.545. The van der Waals surface area contributed by atoms with Crippen molar-refractivity contribution in [3.63, 3.8) is 0 Å². The molecule has 1 fully saturated rings. The van der Waals surface area contributed by atoms with Crippen molar-refractivity contribution >= 4 is 11.7 Å².